The average Bonchev–Trinajstić information content (AvgIpc) is 3.12. The minimum absolute atomic E-state index is 0.217. The molecule has 0 aliphatic carbocycles. The van der Waals surface area contributed by atoms with E-state index < -0.39 is 0 Å². The Hall–Kier alpha value is -2.47. The van der Waals surface area contributed by atoms with Gasteiger partial charge in [-0.1, -0.05) is 23.4 Å². The highest BCUT2D eigenvalue weighted by Gasteiger charge is 2.13. The molecule has 108 valence electrons. The molecular formula is C15H14FN3O2. The lowest BCUT2D eigenvalue weighted by Crippen LogP contribution is -2.18. The van der Waals surface area contributed by atoms with Crippen LogP contribution in [0.2, 0.25) is 0 Å². The fourth-order valence-corrected chi connectivity index (χ4v) is 2.03. The second-order valence-electron chi connectivity index (χ2n) is 4.75. The fraction of sp³-hybridized carbons (Fsp3) is 0.200. The van der Waals surface area contributed by atoms with Crippen LogP contribution in [0.4, 0.5) is 4.39 Å². The Bertz CT molecular complexity index is 709. The molecular weight excluding hydrogens is 273 g/mol. The molecule has 6 heteroatoms. The Balaban J connectivity index is 1.65. The zero-order valence-corrected chi connectivity index (χ0v) is 11.5. The smallest absolute Gasteiger partial charge is 0.241 e. The van der Waals surface area contributed by atoms with Crippen LogP contribution in [0.5, 0.6) is 0 Å². The summed E-state index contributed by atoms with van der Waals surface area (Å²) in [6.07, 6.45) is 1.55. The predicted octanol–water partition coefficient (Wildman–Crippen LogP) is 3.10. The molecule has 0 N–H and O–H groups in total. The summed E-state index contributed by atoms with van der Waals surface area (Å²) in [7, 11) is 1.86. The van der Waals surface area contributed by atoms with Gasteiger partial charge < -0.3 is 8.94 Å². The van der Waals surface area contributed by atoms with Crippen molar-refractivity contribution < 1.29 is 13.3 Å². The molecule has 2 aromatic heterocycles. The Morgan fingerprint density at radius 3 is 2.76 bits per heavy atom. The maximum Gasteiger partial charge on any atom is 0.241 e. The Kier molecular flexibility index (Phi) is 3.79. The zero-order chi connectivity index (χ0) is 14.7. The molecule has 0 bridgehead atoms. The lowest BCUT2D eigenvalue weighted by Gasteiger charge is -2.14. The summed E-state index contributed by atoms with van der Waals surface area (Å²) in [6.45, 7) is 0.896. The van der Waals surface area contributed by atoms with Crippen LogP contribution in [0.25, 0.3) is 11.6 Å². The van der Waals surface area contributed by atoms with E-state index in [9.17, 15) is 4.39 Å². The van der Waals surface area contributed by atoms with Gasteiger partial charge in [-0.25, -0.2) is 4.39 Å². The first kappa shape index (κ1) is 13.5. The standard InChI is InChI=1S/C15H14FN3O2/c1-19(9-11-5-2-3-6-12(11)16)10-14-17-15(18-21-14)13-7-4-8-20-13/h2-8H,9-10H2,1H3. The molecule has 0 amide bonds. The lowest BCUT2D eigenvalue weighted by atomic mass is 10.2. The Morgan fingerprint density at radius 2 is 2.00 bits per heavy atom. The van der Waals surface area contributed by atoms with Crippen LogP contribution in [0.3, 0.4) is 0 Å². The third-order valence-electron chi connectivity index (χ3n) is 3.01. The third-order valence-corrected chi connectivity index (χ3v) is 3.01. The van der Waals surface area contributed by atoms with Crippen molar-refractivity contribution in [3.63, 3.8) is 0 Å². The van der Waals surface area contributed by atoms with E-state index in [0.717, 1.165) is 0 Å². The van der Waals surface area contributed by atoms with E-state index in [2.05, 4.69) is 10.1 Å². The van der Waals surface area contributed by atoms with E-state index in [1.54, 1.807) is 30.5 Å². The average molecular weight is 287 g/mol. The van der Waals surface area contributed by atoms with Gasteiger partial charge in [0.05, 0.1) is 12.8 Å². The maximum atomic E-state index is 13.6. The van der Waals surface area contributed by atoms with Gasteiger partial charge in [-0.3, -0.25) is 4.90 Å². The largest absolute Gasteiger partial charge is 0.461 e. The third kappa shape index (κ3) is 3.17. The second-order valence-corrected chi connectivity index (χ2v) is 4.75. The van der Waals surface area contributed by atoms with E-state index >= 15 is 0 Å². The highest BCUT2D eigenvalue weighted by atomic mass is 19.1. The highest BCUT2D eigenvalue weighted by Crippen LogP contribution is 2.17. The van der Waals surface area contributed by atoms with Gasteiger partial charge in [-0.05, 0) is 25.2 Å². The molecule has 0 spiro atoms. The SMILES string of the molecule is CN(Cc1nc(-c2ccco2)no1)Cc1ccccc1F. The minimum Gasteiger partial charge on any atom is -0.461 e. The number of hydrogen-bond donors (Lipinski definition) is 0. The van der Waals surface area contributed by atoms with E-state index in [0.29, 0.717) is 36.1 Å². The summed E-state index contributed by atoms with van der Waals surface area (Å²) in [4.78, 5) is 6.15. The molecule has 0 saturated heterocycles. The van der Waals surface area contributed by atoms with Gasteiger partial charge in [-0.2, -0.15) is 4.98 Å². The molecule has 0 aliphatic heterocycles. The van der Waals surface area contributed by atoms with E-state index in [1.807, 2.05) is 18.0 Å². The van der Waals surface area contributed by atoms with Crippen LogP contribution in [0, 0.1) is 5.82 Å². The monoisotopic (exact) mass is 287 g/mol. The Morgan fingerprint density at radius 1 is 1.14 bits per heavy atom. The predicted molar refractivity (Wildman–Crippen MR) is 73.6 cm³/mol. The number of furan rings is 1. The first-order valence-electron chi connectivity index (χ1n) is 6.51. The van der Waals surface area contributed by atoms with Crippen LogP contribution < -0.4 is 0 Å². The Labute approximate surface area is 121 Å². The molecule has 0 fully saturated rings. The molecule has 2 heterocycles. The number of halogens is 1. The number of rotatable bonds is 5. The molecule has 0 unspecified atom stereocenters. The summed E-state index contributed by atoms with van der Waals surface area (Å²) in [5, 5.41) is 3.86. The van der Waals surface area contributed by atoms with Crippen LogP contribution in [0.1, 0.15) is 11.5 Å². The number of hydrogen-bond acceptors (Lipinski definition) is 5. The van der Waals surface area contributed by atoms with Crippen molar-refractivity contribution >= 4 is 0 Å². The van der Waals surface area contributed by atoms with Crippen molar-refractivity contribution in [1.82, 2.24) is 15.0 Å². The highest BCUT2D eigenvalue weighted by molar-refractivity contribution is 5.44. The van der Waals surface area contributed by atoms with Gasteiger partial charge in [0.2, 0.25) is 11.7 Å². The molecule has 3 aromatic rings. The van der Waals surface area contributed by atoms with Crippen molar-refractivity contribution in [2.24, 2.45) is 0 Å². The topological polar surface area (TPSA) is 55.3 Å². The van der Waals surface area contributed by atoms with Gasteiger partial charge in [0.1, 0.15) is 5.82 Å². The number of aromatic nitrogens is 2. The summed E-state index contributed by atoms with van der Waals surface area (Å²) < 4.78 is 24.0. The van der Waals surface area contributed by atoms with Crippen molar-refractivity contribution in [3.8, 4) is 11.6 Å². The zero-order valence-electron chi connectivity index (χ0n) is 11.5. The molecule has 21 heavy (non-hydrogen) atoms. The summed E-state index contributed by atoms with van der Waals surface area (Å²) in [6, 6.07) is 10.2. The molecule has 0 saturated carbocycles. The van der Waals surface area contributed by atoms with Crippen LogP contribution in [-0.4, -0.2) is 22.1 Å². The van der Waals surface area contributed by atoms with Gasteiger partial charge in [-0.15, -0.1) is 0 Å². The number of benzene rings is 1. The summed E-state index contributed by atoms with van der Waals surface area (Å²) >= 11 is 0. The van der Waals surface area contributed by atoms with Gasteiger partial charge in [0, 0.05) is 12.1 Å². The summed E-state index contributed by atoms with van der Waals surface area (Å²) in [5.41, 5.74) is 0.630. The summed E-state index contributed by atoms with van der Waals surface area (Å²) in [5.74, 6) is 1.21. The molecule has 1 aromatic carbocycles. The first-order valence-corrected chi connectivity index (χ1v) is 6.51. The lowest BCUT2D eigenvalue weighted by molar-refractivity contribution is 0.258. The van der Waals surface area contributed by atoms with Gasteiger partial charge in [0.25, 0.3) is 0 Å². The van der Waals surface area contributed by atoms with Crippen LogP contribution in [0.15, 0.2) is 51.6 Å². The van der Waals surface area contributed by atoms with Crippen molar-refractivity contribution in [3.05, 3.63) is 59.9 Å². The van der Waals surface area contributed by atoms with Crippen LogP contribution in [-0.2, 0) is 13.1 Å². The molecule has 0 aliphatic rings. The van der Waals surface area contributed by atoms with E-state index in [-0.39, 0.29) is 5.82 Å². The molecule has 5 nitrogen and oxygen atoms in total. The van der Waals surface area contributed by atoms with E-state index in [1.165, 1.54) is 6.07 Å². The first-order chi connectivity index (χ1) is 10.2. The quantitative estimate of drug-likeness (QED) is 0.721. The van der Waals surface area contributed by atoms with Gasteiger partial charge in [0.15, 0.2) is 5.76 Å². The molecule has 0 radical (unpaired) electrons. The fourth-order valence-electron chi connectivity index (χ4n) is 2.03. The van der Waals surface area contributed by atoms with Crippen molar-refractivity contribution in [1.29, 1.82) is 0 Å². The molecule has 3 rings (SSSR count). The minimum atomic E-state index is -0.217. The molecule has 0 atom stereocenters. The van der Waals surface area contributed by atoms with Crippen molar-refractivity contribution in [2.75, 3.05) is 7.05 Å². The second kappa shape index (κ2) is 5.88. The van der Waals surface area contributed by atoms with Gasteiger partial charge >= 0.3 is 0 Å². The maximum absolute atomic E-state index is 13.6. The normalized spacial score (nSPS) is 11.2. The van der Waals surface area contributed by atoms with Crippen LogP contribution >= 0.6 is 0 Å². The van der Waals surface area contributed by atoms with E-state index in [4.69, 9.17) is 8.94 Å². The number of nitrogens with zero attached hydrogens (tertiary/aromatic N) is 3. The van der Waals surface area contributed by atoms with Crippen molar-refractivity contribution in [2.45, 2.75) is 13.1 Å².